The fraction of sp³-hybridized carbons (Fsp3) is 0.176. The molecule has 136 valence electrons. The Bertz CT molecular complexity index is 1050. The first-order chi connectivity index (χ1) is 12.4. The molecular formula is C17H16BrN3O4S. The Balaban J connectivity index is 2.13. The van der Waals surface area contributed by atoms with Gasteiger partial charge in [0.15, 0.2) is 0 Å². The largest absolute Gasteiger partial charge is 0.449 e. The van der Waals surface area contributed by atoms with E-state index in [1.54, 1.807) is 12.3 Å². The maximum atomic E-state index is 13.0. The number of pyridine rings is 1. The number of carbonyl (C=O) groups is 1. The molecule has 0 aliphatic rings. The molecule has 7 nitrogen and oxygen atoms in total. The van der Waals surface area contributed by atoms with Gasteiger partial charge in [0.1, 0.15) is 4.90 Å². The number of primary amides is 1. The van der Waals surface area contributed by atoms with Crippen LogP contribution in [0.25, 0.3) is 10.9 Å². The summed E-state index contributed by atoms with van der Waals surface area (Å²) in [4.78, 5) is 14.8. The number of benzene rings is 1. The number of amides is 1. The van der Waals surface area contributed by atoms with Gasteiger partial charge in [-0.1, -0.05) is 28.1 Å². The molecule has 0 unspecified atom stereocenters. The lowest BCUT2D eigenvalue weighted by Gasteiger charge is -2.07. The molecular weight excluding hydrogens is 422 g/mol. The van der Waals surface area contributed by atoms with Gasteiger partial charge >= 0.3 is 6.09 Å². The van der Waals surface area contributed by atoms with Crippen molar-refractivity contribution in [3.63, 3.8) is 0 Å². The molecule has 0 saturated heterocycles. The van der Waals surface area contributed by atoms with Gasteiger partial charge in [-0.05, 0) is 29.3 Å². The minimum atomic E-state index is -3.80. The van der Waals surface area contributed by atoms with Crippen molar-refractivity contribution in [3.8, 4) is 0 Å². The van der Waals surface area contributed by atoms with Crippen LogP contribution < -0.4 is 5.73 Å². The molecule has 2 aromatic heterocycles. The summed E-state index contributed by atoms with van der Waals surface area (Å²) in [5.41, 5.74) is 7.23. The van der Waals surface area contributed by atoms with Crippen molar-refractivity contribution in [2.24, 2.45) is 5.73 Å². The molecule has 0 atom stereocenters. The molecule has 0 spiro atoms. The van der Waals surface area contributed by atoms with Crippen molar-refractivity contribution in [2.75, 3.05) is 6.61 Å². The van der Waals surface area contributed by atoms with Crippen LogP contribution in [-0.2, 0) is 26.5 Å². The smallest absolute Gasteiger partial charge is 0.404 e. The number of hydrogen-bond acceptors (Lipinski definition) is 5. The van der Waals surface area contributed by atoms with Crippen molar-refractivity contribution in [3.05, 3.63) is 60.0 Å². The molecule has 0 aliphatic heterocycles. The van der Waals surface area contributed by atoms with Gasteiger partial charge in [0.25, 0.3) is 10.0 Å². The zero-order valence-corrected chi connectivity index (χ0v) is 16.0. The van der Waals surface area contributed by atoms with Crippen LogP contribution in [0.5, 0.6) is 0 Å². The Kier molecular flexibility index (Phi) is 5.28. The van der Waals surface area contributed by atoms with Gasteiger partial charge in [0, 0.05) is 35.7 Å². The molecule has 0 aliphatic carbocycles. The third kappa shape index (κ3) is 3.58. The Labute approximate surface area is 159 Å². The minimum absolute atomic E-state index is 0.0710. The van der Waals surface area contributed by atoms with Gasteiger partial charge in [-0.3, -0.25) is 4.98 Å². The number of rotatable bonds is 6. The fourth-order valence-corrected chi connectivity index (χ4v) is 4.36. The molecule has 2 N–H and O–H groups in total. The van der Waals surface area contributed by atoms with Gasteiger partial charge in [0.05, 0.1) is 12.1 Å². The van der Waals surface area contributed by atoms with Crippen LogP contribution >= 0.6 is 15.9 Å². The molecule has 0 saturated carbocycles. The van der Waals surface area contributed by atoms with Crippen LogP contribution in [0, 0.1) is 0 Å². The lowest BCUT2D eigenvalue weighted by molar-refractivity contribution is 0.158. The second-order valence-corrected chi connectivity index (χ2v) is 7.92. The Morgan fingerprint density at radius 1 is 1.31 bits per heavy atom. The average molecular weight is 438 g/mol. The van der Waals surface area contributed by atoms with Crippen LogP contribution in [0.3, 0.4) is 0 Å². The van der Waals surface area contributed by atoms with Crippen LogP contribution in [0.15, 0.2) is 53.8 Å². The fourth-order valence-electron chi connectivity index (χ4n) is 2.67. The summed E-state index contributed by atoms with van der Waals surface area (Å²) in [6.45, 7) is 0.0710. The topological polar surface area (TPSA) is 104 Å². The summed E-state index contributed by atoms with van der Waals surface area (Å²) in [6, 6.07) is 8.66. The van der Waals surface area contributed by atoms with Crippen molar-refractivity contribution in [1.82, 2.24) is 8.96 Å². The zero-order chi connectivity index (χ0) is 18.7. The lowest BCUT2D eigenvalue weighted by atomic mass is 10.1. The Morgan fingerprint density at radius 3 is 2.77 bits per heavy atom. The first-order valence-electron chi connectivity index (χ1n) is 7.70. The first-order valence-corrected chi connectivity index (χ1v) is 10.3. The van der Waals surface area contributed by atoms with Gasteiger partial charge in [-0.25, -0.2) is 17.2 Å². The monoisotopic (exact) mass is 437 g/mol. The predicted molar refractivity (Wildman–Crippen MR) is 101 cm³/mol. The normalized spacial score (nSPS) is 11.6. The lowest BCUT2D eigenvalue weighted by Crippen LogP contribution is -2.14. The Morgan fingerprint density at radius 2 is 2.12 bits per heavy atom. The van der Waals surface area contributed by atoms with Crippen molar-refractivity contribution in [1.29, 1.82) is 0 Å². The molecule has 0 fully saturated rings. The van der Waals surface area contributed by atoms with Crippen LogP contribution in [0.2, 0.25) is 0 Å². The second-order valence-electron chi connectivity index (χ2n) is 5.55. The number of nitrogens with zero attached hydrogens (tertiary/aromatic N) is 2. The summed E-state index contributed by atoms with van der Waals surface area (Å²) in [7, 11) is -3.80. The highest BCUT2D eigenvalue weighted by atomic mass is 79.9. The molecule has 0 bridgehead atoms. The molecule has 0 radical (unpaired) electrons. The minimum Gasteiger partial charge on any atom is -0.449 e. The van der Waals surface area contributed by atoms with Crippen LogP contribution in [0.4, 0.5) is 4.79 Å². The summed E-state index contributed by atoms with van der Waals surface area (Å²) < 4.78 is 32.1. The highest BCUT2D eigenvalue weighted by Gasteiger charge is 2.21. The number of fused-ring (bicyclic) bond motifs is 1. The van der Waals surface area contributed by atoms with E-state index < -0.39 is 16.1 Å². The number of ether oxygens (including phenoxy) is 1. The number of carbonyl (C=O) groups excluding carboxylic acids is 1. The van der Waals surface area contributed by atoms with E-state index in [-0.39, 0.29) is 11.5 Å². The van der Waals surface area contributed by atoms with E-state index >= 15 is 0 Å². The third-order valence-corrected chi connectivity index (χ3v) is 6.18. The molecule has 3 rings (SSSR count). The predicted octanol–water partition coefficient (Wildman–Crippen LogP) is 2.81. The van der Waals surface area contributed by atoms with Gasteiger partial charge < -0.3 is 10.5 Å². The molecule has 3 aromatic rings. The van der Waals surface area contributed by atoms with E-state index in [4.69, 9.17) is 10.5 Å². The van der Waals surface area contributed by atoms with Crippen LogP contribution in [0.1, 0.15) is 11.1 Å². The molecule has 26 heavy (non-hydrogen) atoms. The van der Waals surface area contributed by atoms with E-state index in [0.29, 0.717) is 17.3 Å². The standard InChI is InChI=1S/C17H16BrN3O4S/c18-9-12-3-4-15-13(5-7-25-17(19)22)11-21(16(15)8-12)26(23,24)14-2-1-6-20-10-14/h1-4,6,8,10-11H,5,7,9H2,(H2,19,22). The van der Waals surface area contributed by atoms with E-state index in [2.05, 4.69) is 20.9 Å². The van der Waals surface area contributed by atoms with Crippen LogP contribution in [-0.4, -0.2) is 30.1 Å². The van der Waals surface area contributed by atoms with Gasteiger partial charge in [0.2, 0.25) is 0 Å². The van der Waals surface area contributed by atoms with E-state index in [9.17, 15) is 13.2 Å². The summed E-state index contributed by atoms with van der Waals surface area (Å²) in [6.07, 6.45) is 3.87. The second kappa shape index (κ2) is 7.46. The number of alkyl halides is 1. The highest BCUT2D eigenvalue weighted by Crippen LogP contribution is 2.28. The molecule has 1 aromatic carbocycles. The molecule has 1 amide bonds. The Hall–Kier alpha value is -2.39. The number of halogens is 1. The van der Waals surface area contributed by atoms with Crippen molar-refractivity contribution in [2.45, 2.75) is 16.6 Å². The maximum absolute atomic E-state index is 13.0. The first kappa shape index (κ1) is 18.4. The SMILES string of the molecule is NC(=O)OCCc1cn(S(=O)(=O)c2cccnc2)c2cc(CBr)ccc12. The van der Waals surface area contributed by atoms with E-state index in [1.165, 1.54) is 22.4 Å². The summed E-state index contributed by atoms with van der Waals surface area (Å²) in [5.74, 6) is 0. The quantitative estimate of drug-likeness (QED) is 0.596. The number of hydrogen-bond donors (Lipinski definition) is 1. The van der Waals surface area contributed by atoms with Gasteiger partial charge in [-0.15, -0.1) is 0 Å². The number of nitrogens with two attached hydrogens (primary N) is 1. The third-order valence-electron chi connectivity index (χ3n) is 3.88. The summed E-state index contributed by atoms with van der Waals surface area (Å²) in [5, 5.41) is 1.37. The zero-order valence-electron chi connectivity index (χ0n) is 13.6. The van der Waals surface area contributed by atoms with E-state index in [0.717, 1.165) is 16.5 Å². The molecule has 2 heterocycles. The molecule has 9 heteroatoms. The van der Waals surface area contributed by atoms with Crippen molar-refractivity contribution < 1.29 is 17.9 Å². The highest BCUT2D eigenvalue weighted by molar-refractivity contribution is 9.08. The van der Waals surface area contributed by atoms with Crippen molar-refractivity contribution >= 4 is 42.9 Å². The number of aromatic nitrogens is 2. The van der Waals surface area contributed by atoms with Gasteiger partial charge in [-0.2, -0.15) is 0 Å². The summed E-state index contributed by atoms with van der Waals surface area (Å²) >= 11 is 3.39. The maximum Gasteiger partial charge on any atom is 0.404 e. The average Bonchev–Trinajstić information content (AvgIpc) is 3.01. The van der Waals surface area contributed by atoms with E-state index in [1.807, 2.05) is 18.2 Å².